The van der Waals surface area contributed by atoms with Crippen molar-refractivity contribution in [3.05, 3.63) is 53.6 Å². The highest BCUT2D eigenvalue weighted by molar-refractivity contribution is 7.22. The van der Waals surface area contributed by atoms with E-state index in [-0.39, 0.29) is 11.8 Å². The lowest BCUT2D eigenvalue weighted by Gasteiger charge is -2.23. The van der Waals surface area contributed by atoms with Crippen LogP contribution in [0.1, 0.15) is 25.7 Å². The summed E-state index contributed by atoms with van der Waals surface area (Å²) in [4.78, 5) is 19.6. The predicted octanol–water partition coefficient (Wildman–Crippen LogP) is 5.80. The molecule has 1 heterocycles. The summed E-state index contributed by atoms with van der Waals surface area (Å²) in [5.41, 5.74) is 1.71. The highest BCUT2D eigenvalue weighted by atomic mass is 35.5. The molecule has 0 radical (unpaired) electrons. The molecule has 2 aromatic carbocycles. The smallest absolute Gasteiger partial charge is 0.236 e. The van der Waals surface area contributed by atoms with Crippen molar-refractivity contribution in [1.82, 2.24) is 4.98 Å². The first-order chi connectivity index (χ1) is 11.7. The zero-order valence-corrected chi connectivity index (χ0v) is 14.7. The molecule has 1 amide bonds. The second-order valence-electron chi connectivity index (χ2n) is 6.10. The third-order valence-electron chi connectivity index (χ3n) is 4.47. The van der Waals surface area contributed by atoms with Gasteiger partial charge in [0.15, 0.2) is 5.13 Å². The summed E-state index contributed by atoms with van der Waals surface area (Å²) in [5.74, 6) is 0.213. The van der Waals surface area contributed by atoms with Crippen molar-refractivity contribution >= 4 is 49.9 Å². The van der Waals surface area contributed by atoms with Crippen LogP contribution in [-0.4, -0.2) is 10.9 Å². The maximum absolute atomic E-state index is 13.2. The number of amides is 1. The molecule has 3 nitrogen and oxygen atoms in total. The topological polar surface area (TPSA) is 33.2 Å². The molecule has 1 fully saturated rings. The quantitative estimate of drug-likeness (QED) is 0.593. The van der Waals surface area contributed by atoms with E-state index < -0.39 is 0 Å². The van der Waals surface area contributed by atoms with Crippen molar-refractivity contribution in [2.75, 3.05) is 4.90 Å². The molecule has 0 atom stereocenters. The zero-order valence-electron chi connectivity index (χ0n) is 13.1. The summed E-state index contributed by atoms with van der Waals surface area (Å²) in [7, 11) is 0. The van der Waals surface area contributed by atoms with Gasteiger partial charge in [-0.2, -0.15) is 0 Å². The molecule has 0 N–H and O–H groups in total. The first-order valence-corrected chi connectivity index (χ1v) is 9.37. The van der Waals surface area contributed by atoms with Gasteiger partial charge in [0, 0.05) is 10.9 Å². The number of rotatable bonds is 3. The van der Waals surface area contributed by atoms with Gasteiger partial charge in [0.25, 0.3) is 0 Å². The van der Waals surface area contributed by atoms with Gasteiger partial charge >= 0.3 is 0 Å². The largest absolute Gasteiger partial charge is 0.274 e. The summed E-state index contributed by atoms with van der Waals surface area (Å²) in [5, 5.41) is 1.34. The number of anilines is 2. The highest BCUT2D eigenvalue weighted by Crippen LogP contribution is 2.37. The van der Waals surface area contributed by atoms with Crippen LogP contribution in [0.25, 0.3) is 10.2 Å². The molecular formula is C19H17ClN2OS. The van der Waals surface area contributed by atoms with Crippen molar-refractivity contribution in [2.24, 2.45) is 5.92 Å². The number of benzene rings is 2. The molecule has 1 saturated carbocycles. The molecule has 1 aliphatic carbocycles. The Morgan fingerprint density at radius 2 is 1.92 bits per heavy atom. The number of carbonyl (C=O) groups excluding carboxylic acids is 1. The van der Waals surface area contributed by atoms with E-state index in [2.05, 4.69) is 0 Å². The van der Waals surface area contributed by atoms with E-state index in [0.29, 0.717) is 5.02 Å². The molecule has 0 aliphatic heterocycles. The van der Waals surface area contributed by atoms with Gasteiger partial charge in [-0.25, -0.2) is 4.98 Å². The fraction of sp³-hybridized carbons (Fsp3) is 0.263. The highest BCUT2D eigenvalue weighted by Gasteiger charge is 2.31. The molecule has 0 unspecified atom stereocenters. The molecule has 5 heteroatoms. The van der Waals surface area contributed by atoms with Crippen molar-refractivity contribution in [2.45, 2.75) is 25.7 Å². The lowest BCUT2D eigenvalue weighted by Crippen LogP contribution is -2.31. The predicted molar refractivity (Wildman–Crippen MR) is 100 cm³/mol. The van der Waals surface area contributed by atoms with Crippen LogP contribution in [0.3, 0.4) is 0 Å². The van der Waals surface area contributed by atoms with Crippen LogP contribution in [-0.2, 0) is 4.79 Å². The Kier molecular flexibility index (Phi) is 4.25. The average Bonchev–Trinajstić information content (AvgIpc) is 3.24. The molecule has 0 saturated heterocycles. The summed E-state index contributed by atoms with van der Waals surface area (Å²) >= 11 is 7.71. The van der Waals surface area contributed by atoms with Crippen LogP contribution < -0.4 is 4.90 Å². The maximum atomic E-state index is 13.2. The first kappa shape index (κ1) is 15.6. The molecule has 4 rings (SSSR count). The van der Waals surface area contributed by atoms with Gasteiger partial charge < -0.3 is 0 Å². The number of thiazole rings is 1. The minimum Gasteiger partial charge on any atom is -0.274 e. The van der Waals surface area contributed by atoms with Gasteiger partial charge in [-0.3, -0.25) is 9.69 Å². The van der Waals surface area contributed by atoms with E-state index >= 15 is 0 Å². The van der Waals surface area contributed by atoms with Crippen LogP contribution in [0.4, 0.5) is 10.8 Å². The van der Waals surface area contributed by atoms with Crippen LogP contribution in [0, 0.1) is 5.92 Å². The molecule has 3 aromatic rings. The van der Waals surface area contributed by atoms with Crippen molar-refractivity contribution in [3.63, 3.8) is 0 Å². The summed E-state index contributed by atoms with van der Waals surface area (Å²) in [6, 6.07) is 15.4. The fourth-order valence-corrected chi connectivity index (χ4v) is 4.43. The Balaban J connectivity index is 1.81. The Hall–Kier alpha value is -1.91. The molecule has 0 spiro atoms. The van der Waals surface area contributed by atoms with Gasteiger partial charge in [0.2, 0.25) is 5.91 Å². The molecule has 1 aliphatic rings. The third kappa shape index (κ3) is 2.92. The van der Waals surface area contributed by atoms with E-state index in [1.165, 1.54) is 0 Å². The van der Waals surface area contributed by atoms with Gasteiger partial charge in [0.05, 0.1) is 15.9 Å². The van der Waals surface area contributed by atoms with E-state index in [9.17, 15) is 4.79 Å². The Bertz CT molecular complexity index is 853. The van der Waals surface area contributed by atoms with Gasteiger partial charge in [0.1, 0.15) is 0 Å². The van der Waals surface area contributed by atoms with E-state index in [1.54, 1.807) is 16.2 Å². The van der Waals surface area contributed by atoms with Crippen LogP contribution in [0.2, 0.25) is 5.02 Å². The van der Waals surface area contributed by atoms with Gasteiger partial charge in [-0.05, 0) is 43.2 Å². The second-order valence-corrected chi connectivity index (χ2v) is 7.54. The monoisotopic (exact) mass is 356 g/mol. The van der Waals surface area contributed by atoms with Gasteiger partial charge in [-0.15, -0.1) is 0 Å². The molecule has 1 aromatic heterocycles. The number of aromatic nitrogens is 1. The maximum Gasteiger partial charge on any atom is 0.236 e. The number of hydrogen-bond donors (Lipinski definition) is 0. The van der Waals surface area contributed by atoms with Crippen LogP contribution in [0.5, 0.6) is 0 Å². The van der Waals surface area contributed by atoms with Gasteiger partial charge in [-0.1, -0.05) is 54.0 Å². The standard InChI is InChI=1S/C19H17ClN2OS/c20-14-8-5-9-15(12-14)22(18(23)13-6-1-2-7-13)19-21-16-10-3-4-11-17(16)24-19/h3-5,8-13H,1-2,6-7H2. The Morgan fingerprint density at radius 3 is 2.67 bits per heavy atom. The lowest BCUT2D eigenvalue weighted by atomic mass is 10.1. The molecule has 24 heavy (non-hydrogen) atoms. The zero-order chi connectivity index (χ0) is 16.5. The first-order valence-electron chi connectivity index (χ1n) is 8.17. The van der Waals surface area contributed by atoms with Crippen molar-refractivity contribution < 1.29 is 4.79 Å². The number of para-hydroxylation sites is 1. The van der Waals surface area contributed by atoms with E-state index in [0.717, 1.165) is 46.7 Å². The van der Waals surface area contributed by atoms with Crippen LogP contribution in [0.15, 0.2) is 48.5 Å². The molecule has 0 bridgehead atoms. The molecule has 122 valence electrons. The minimum absolute atomic E-state index is 0.0796. The molecular weight excluding hydrogens is 340 g/mol. The van der Waals surface area contributed by atoms with E-state index in [4.69, 9.17) is 16.6 Å². The minimum atomic E-state index is 0.0796. The third-order valence-corrected chi connectivity index (χ3v) is 5.72. The number of fused-ring (bicyclic) bond motifs is 1. The number of carbonyl (C=O) groups is 1. The van der Waals surface area contributed by atoms with Crippen LogP contribution >= 0.6 is 22.9 Å². The van der Waals surface area contributed by atoms with Crippen molar-refractivity contribution in [1.29, 1.82) is 0 Å². The van der Waals surface area contributed by atoms with E-state index in [1.807, 2.05) is 48.5 Å². The van der Waals surface area contributed by atoms with Crippen molar-refractivity contribution in [3.8, 4) is 0 Å². The summed E-state index contributed by atoms with van der Waals surface area (Å²) in [6.07, 6.45) is 4.17. The Morgan fingerprint density at radius 1 is 1.12 bits per heavy atom. The second kappa shape index (κ2) is 6.54. The normalized spacial score (nSPS) is 15.0. The fourth-order valence-electron chi connectivity index (χ4n) is 3.26. The number of hydrogen-bond acceptors (Lipinski definition) is 3. The summed E-state index contributed by atoms with van der Waals surface area (Å²) in [6.45, 7) is 0. The summed E-state index contributed by atoms with van der Waals surface area (Å²) < 4.78 is 1.08. The average molecular weight is 357 g/mol. The lowest BCUT2D eigenvalue weighted by molar-refractivity contribution is -0.121. The number of nitrogens with zero attached hydrogens (tertiary/aromatic N) is 2. The number of halogens is 1. The Labute approximate surface area is 149 Å². The SMILES string of the molecule is O=C(C1CCCC1)N(c1cccc(Cl)c1)c1nc2ccccc2s1.